The topological polar surface area (TPSA) is 63.4 Å². The predicted octanol–water partition coefficient (Wildman–Crippen LogP) is 1.97. The zero-order valence-electron chi connectivity index (χ0n) is 12.4. The summed E-state index contributed by atoms with van der Waals surface area (Å²) in [7, 11) is 3.60. The Morgan fingerprint density at radius 1 is 1.38 bits per heavy atom. The fraction of sp³-hybridized carbons (Fsp3) is 0.467. The van der Waals surface area contributed by atoms with Gasteiger partial charge in [-0.2, -0.15) is 0 Å². The van der Waals surface area contributed by atoms with Crippen LogP contribution < -0.4 is 15.0 Å². The molecule has 21 heavy (non-hydrogen) atoms. The first-order valence-electron chi connectivity index (χ1n) is 7.14. The number of nitrogens with one attached hydrogen (secondary N) is 1. The summed E-state index contributed by atoms with van der Waals surface area (Å²) in [6.07, 6.45) is 2.49. The molecule has 3 rings (SSSR count). The van der Waals surface area contributed by atoms with Crippen LogP contribution in [-0.2, 0) is 13.1 Å². The standard InChI is InChI=1S/C15H20N4O2/c1-19(10-11-4-3-5-13(8-11)20-2)15-18-17-14(21-15)9-16-12-6-7-12/h3-5,8,12,16H,6-7,9-10H2,1-2H3. The molecule has 0 radical (unpaired) electrons. The molecular formula is C15H20N4O2. The van der Waals surface area contributed by atoms with Crippen molar-refractivity contribution in [3.05, 3.63) is 35.7 Å². The van der Waals surface area contributed by atoms with Gasteiger partial charge in [-0.3, -0.25) is 0 Å². The van der Waals surface area contributed by atoms with E-state index in [9.17, 15) is 0 Å². The Hall–Kier alpha value is -2.08. The predicted molar refractivity (Wildman–Crippen MR) is 79.3 cm³/mol. The second-order valence-electron chi connectivity index (χ2n) is 5.34. The van der Waals surface area contributed by atoms with E-state index in [1.165, 1.54) is 12.8 Å². The van der Waals surface area contributed by atoms with E-state index in [1.807, 2.05) is 36.2 Å². The number of aromatic nitrogens is 2. The van der Waals surface area contributed by atoms with Crippen LogP contribution in [0.1, 0.15) is 24.3 Å². The zero-order chi connectivity index (χ0) is 14.7. The van der Waals surface area contributed by atoms with Gasteiger partial charge in [0.25, 0.3) is 0 Å². The van der Waals surface area contributed by atoms with Crippen molar-refractivity contribution in [1.82, 2.24) is 15.5 Å². The van der Waals surface area contributed by atoms with E-state index in [1.54, 1.807) is 7.11 Å². The summed E-state index contributed by atoms with van der Waals surface area (Å²) in [6.45, 7) is 1.33. The van der Waals surface area contributed by atoms with Crippen LogP contribution in [0.5, 0.6) is 5.75 Å². The van der Waals surface area contributed by atoms with E-state index in [2.05, 4.69) is 15.5 Å². The van der Waals surface area contributed by atoms with Crippen molar-refractivity contribution >= 4 is 6.01 Å². The monoisotopic (exact) mass is 288 g/mol. The van der Waals surface area contributed by atoms with Crippen LogP contribution in [0.4, 0.5) is 6.01 Å². The number of methoxy groups -OCH3 is 1. The lowest BCUT2D eigenvalue weighted by Gasteiger charge is -2.14. The summed E-state index contributed by atoms with van der Waals surface area (Å²) in [5.74, 6) is 1.48. The van der Waals surface area contributed by atoms with Crippen LogP contribution in [0.2, 0.25) is 0 Å². The average Bonchev–Trinajstić information content (AvgIpc) is 3.21. The van der Waals surface area contributed by atoms with Gasteiger partial charge in [0.15, 0.2) is 0 Å². The van der Waals surface area contributed by atoms with Gasteiger partial charge in [0, 0.05) is 19.6 Å². The molecule has 112 valence electrons. The average molecular weight is 288 g/mol. The molecule has 1 saturated carbocycles. The number of rotatable bonds is 7. The molecule has 1 aromatic carbocycles. The van der Waals surface area contributed by atoms with Gasteiger partial charge in [-0.1, -0.05) is 17.2 Å². The van der Waals surface area contributed by atoms with Crippen molar-refractivity contribution in [2.45, 2.75) is 32.0 Å². The molecule has 1 heterocycles. The molecule has 6 heteroatoms. The van der Waals surface area contributed by atoms with Gasteiger partial charge in [-0.25, -0.2) is 0 Å². The Morgan fingerprint density at radius 2 is 2.24 bits per heavy atom. The number of anilines is 1. The van der Waals surface area contributed by atoms with Gasteiger partial charge >= 0.3 is 6.01 Å². The van der Waals surface area contributed by atoms with Gasteiger partial charge in [-0.15, -0.1) is 5.10 Å². The van der Waals surface area contributed by atoms with E-state index in [0.29, 0.717) is 31.0 Å². The first-order valence-corrected chi connectivity index (χ1v) is 7.14. The SMILES string of the molecule is COc1cccc(CN(C)c2nnc(CNC3CC3)o2)c1. The van der Waals surface area contributed by atoms with Crippen LogP contribution in [0.15, 0.2) is 28.7 Å². The zero-order valence-corrected chi connectivity index (χ0v) is 12.4. The maximum Gasteiger partial charge on any atom is 0.318 e. The molecular weight excluding hydrogens is 268 g/mol. The first-order chi connectivity index (χ1) is 10.2. The molecule has 0 spiro atoms. The fourth-order valence-electron chi connectivity index (χ4n) is 2.10. The molecule has 0 aliphatic heterocycles. The number of ether oxygens (including phenoxy) is 1. The Kier molecular flexibility index (Phi) is 4.06. The Bertz CT molecular complexity index is 595. The van der Waals surface area contributed by atoms with Crippen molar-refractivity contribution in [3.63, 3.8) is 0 Å². The lowest BCUT2D eigenvalue weighted by molar-refractivity contribution is 0.414. The molecule has 2 aromatic rings. The Morgan fingerprint density at radius 3 is 3.00 bits per heavy atom. The van der Waals surface area contributed by atoms with E-state index in [4.69, 9.17) is 9.15 Å². The normalized spacial score (nSPS) is 14.2. The summed E-state index contributed by atoms with van der Waals surface area (Å²) >= 11 is 0. The van der Waals surface area contributed by atoms with Crippen molar-refractivity contribution in [3.8, 4) is 5.75 Å². The number of hydrogen-bond acceptors (Lipinski definition) is 6. The third-order valence-electron chi connectivity index (χ3n) is 3.46. The van der Waals surface area contributed by atoms with Crippen LogP contribution in [0.3, 0.4) is 0 Å². The lowest BCUT2D eigenvalue weighted by atomic mass is 10.2. The molecule has 1 fully saturated rings. The largest absolute Gasteiger partial charge is 0.497 e. The van der Waals surface area contributed by atoms with E-state index < -0.39 is 0 Å². The van der Waals surface area contributed by atoms with Crippen molar-refractivity contribution < 1.29 is 9.15 Å². The minimum absolute atomic E-state index is 0.533. The Labute approximate surface area is 124 Å². The molecule has 6 nitrogen and oxygen atoms in total. The number of benzene rings is 1. The summed E-state index contributed by atoms with van der Waals surface area (Å²) < 4.78 is 10.9. The Balaban J connectivity index is 1.59. The fourth-order valence-corrected chi connectivity index (χ4v) is 2.10. The maximum absolute atomic E-state index is 5.66. The molecule has 1 aromatic heterocycles. The van der Waals surface area contributed by atoms with Crippen molar-refractivity contribution in [1.29, 1.82) is 0 Å². The second-order valence-corrected chi connectivity index (χ2v) is 5.34. The first kappa shape index (κ1) is 13.9. The highest BCUT2D eigenvalue weighted by Gasteiger charge is 2.21. The third kappa shape index (κ3) is 3.72. The summed E-state index contributed by atoms with van der Waals surface area (Å²) in [4.78, 5) is 1.93. The van der Waals surface area contributed by atoms with Gasteiger partial charge in [0.05, 0.1) is 13.7 Å². The molecule has 0 atom stereocenters. The second kappa shape index (κ2) is 6.13. The molecule has 1 N–H and O–H groups in total. The van der Waals surface area contributed by atoms with Crippen molar-refractivity contribution in [2.24, 2.45) is 0 Å². The number of hydrogen-bond donors (Lipinski definition) is 1. The van der Waals surface area contributed by atoms with E-state index in [0.717, 1.165) is 11.3 Å². The van der Waals surface area contributed by atoms with E-state index >= 15 is 0 Å². The third-order valence-corrected chi connectivity index (χ3v) is 3.46. The highest BCUT2D eigenvalue weighted by Crippen LogP contribution is 2.20. The van der Waals surface area contributed by atoms with Gasteiger partial charge < -0.3 is 19.4 Å². The number of nitrogens with zero attached hydrogens (tertiary/aromatic N) is 3. The van der Waals surface area contributed by atoms with Crippen LogP contribution in [-0.4, -0.2) is 30.4 Å². The minimum Gasteiger partial charge on any atom is -0.497 e. The van der Waals surface area contributed by atoms with Crippen molar-refractivity contribution in [2.75, 3.05) is 19.1 Å². The van der Waals surface area contributed by atoms with Gasteiger partial charge in [0.1, 0.15) is 5.75 Å². The van der Waals surface area contributed by atoms with Crippen LogP contribution in [0.25, 0.3) is 0 Å². The quantitative estimate of drug-likeness (QED) is 0.840. The smallest absolute Gasteiger partial charge is 0.318 e. The van der Waals surface area contributed by atoms with Crippen LogP contribution >= 0.6 is 0 Å². The molecule has 1 aliphatic rings. The van der Waals surface area contributed by atoms with E-state index in [-0.39, 0.29) is 0 Å². The molecule has 0 bridgehead atoms. The summed E-state index contributed by atoms with van der Waals surface area (Å²) in [6, 6.07) is 9.12. The highest BCUT2D eigenvalue weighted by molar-refractivity contribution is 5.32. The molecule has 0 amide bonds. The molecule has 0 saturated heterocycles. The van der Waals surface area contributed by atoms with Gasteiger partial charge in [0.2, 0.25) is 5.89 Å². The summed E-state index contributed by atoms with van der Waals surface area (Å²) in [5.41, 5.74) is 1.13. The van der Waals surface area contributed by atoms with Crippen LogP contribution in [0, 0.1) is 0 Å². The summed E-state index contributed by atoms with van der Waals surface area (Å²) in [5, 5.41) is 11.5. The maximum atomic E-state index is 5.66. The highest BCUT2D eigenvalue weighted by atomic mass is 16.5. The molecule has 1 aliphatic carbocycles. The van der Waals surface area contributed by atoms with Gasteiger partial charge in [-0.05, 0) is 30.5 Å². The lowest BCUT2D eigenvalue weighted by Crippen LogP contribution is -2.17. The molecule has 0 unspecified atom stereocenters. The minimum atomic E-state index is 0.533.